The third kappa shape index (κ3) is 5.47. The van der Waals surface area contributed by atoms with Gasteiger partial charge < -0.3 is 15.0 Å². The van der Waals surface area contributed by atoms with Gasteiger partial charge in [-0.05, 0) is 31.0 Å². The molecule has 2 aliphatic heterocycles. The molecule has 7 nitrogen and oxygen atoms in total. The number of aryl methyl sites for hydroxylation is 2. The highest BCUT2D eigenvalue weighted by atomic mass is 16.5. The van der Waals surface area contributed by atoms with Gasteiger partial charge in [0.2, 0.25) is 11.8 Å². The molecule has 0 aromatic heterocycles. The van der Waals surface area contributed by atoms with Crippen molar-refractivity contribution in [1.82, 2.24) is 14.7 Å². The van der Waals surface area contributed by atoms with Crippen LogP contribution < -0.4 is 10.1 Å². The van der Waals surface area contributed by atoms with Crippen LogP contribution in [0.2, 0.25) is 0 Å². The number of piperazine rings is 1. The van der Waals surface area contributed by atoms with E-state index >= 15 is 0 Å². The van der Waals surface area contributed by atoms with E-state index in [1.165, 1.54) is 0 Å². The van der Waals surface area contributed by atoms with Crippen LogP contribution in [-0.2, 0) is 16.1 Å². The second-order valence-corrected chi connectivity index (χ2v) is 8.64. The molecule has 0 radical (unpaired) electrons. The fraction of sp³-hybridized carbons (Fsp3) is 0.440. The molecule has 2 aromatic carbocycles. The average Bonchev–Trinajstić information content (AvgIpc) is 2.98. The first-order valence-corrected chi connectivity index (χ1v) is 11.3. The molecule has 1 N–H and O–H groups in total. The summed E-state index contributed by atoms with van der Waals surface area (Å²) in [6, 6.07) is 14.0. The smallest absolute Gasteiger partial charge is 0.238 e. The summed E-state index contributed by atoms with van der Waals surface area (Å²) in [5.41, 5.74) is 4.15. The maximum absolute atomic E-state index is 12.9. The minimum Gasteiger partial charge on any atom is -0.492 e. The van der Waals surface area contributed by atoms with Crippen LogP contribution in [0.15, 0.2) is 42.5 Å². The van der Waals surface area contributed by atoms with Gasteiger partial charge in [0, 0.05) is 50.5 Å². The first kappa shape index (κ1) is 22.3. The lowest BCUT2D eigenvalue weighted by atomic mass is 10.1. The van der Waals surface area contributed by atoms with Crippen LogP contribution in [0.25, 0.3) is 0 Å². The number of carbonyl (C=O) groups excluding carboxylic acids is 2. The number of hydrogen-bond donors (Lipinski definition) is 1. The quantitative estimate of drug-likeness (QED) is 0.779. The van der Waals surface area contributed by atoms with E-state index in [1.807, 2.05) is 55.1 Å². The predicted octanol–water partition coefficient (Wildman–Crippen LogP) is 2.28. The molecule has 0 bridgehead atoms. The summed E-state index contributed by atoms with van der Waals surface area (Å²) in [6.07, 6.45) is 0. The maximum Gasteiger partial charge on any atom is 0.238 e. The van der Waals surface area contributed by atoms with Gasteiger partial charge in [0.1, 0.15) is 12.4 Å². The number of hydrogen-bond acceptors (Lipinski definition) is 5. The minimum atomic E-state index is -0.00888. The molecule has 0 atom stereocenters. The fourth-order valence-electron chi connectivity index (χ4n) is 4.36. The van der Waals surface area contributed by atoms with Gasteiger partial charge in [-0.25, -0.2) is 0 Å². The molecule has 170 valence electrons. The van der Waals surface area contributed by atoms with Gasteiger partial charge in [0.25, 0.3) is 0 Å². The average molecular weight is 437 g/mol. The highest BCUT2D eigenvalue weighted by Gasteiger charge is 2.25. The lowest BCUT2D eigenvalue weighted by molar-refractivity contribution is -0.134. The van der Waals surface area contributed by atoms with Crippen LogP contribution in [0.1, 0.15) is 16.7 Å². The van der Waals surface area contributed by atoms with Crippen LogP contribution >= 0.6 is 0 Å². The summed E-state index contributed by atoms with van der Waals surface area (Å²) >= 11 is 0. The molecule has 0 aliphatic carbocycles. The Bertz CT molecular complexity index is 949. The molecule has 2 heterocycles. The van der Waals surface area contributed by atoms with Gasteiger partial charge in [-0.1, -0.05) is 36.4 Å². The highest BCUT2D eigenvalue weighted by molar-refractivity contribution is 5.93. The number of para-hydroxylation sites is 2. The van der Waals surface area contributed by atoms with Gasteiger partial charge in [-0.15, -0.1) is 0 Å². The van der Waals surface area contributed by atoms with Crippen molar-refractivity contribution in [2.24, 2.45) is 0 Å². The maximum atomic E-state index is 12.9. The van der Waals surface area contributed by atoms with Crippen LogP contribution in [0.3, 0.4) is 0 Å². The van der Waals surface area contributed by atoms with Crippen molar-refractivity contribution in [2.45, 2.75) is 20.4 Å². The summed E-state index contributed by atoms with van der Waals surface area (Å²) in [7, 11) is 0. The van der Waals surface area contributed by atoms with Crippen molar-refractivity contribution >= 4 is 17.5 Å². The molecular weight excluding hydrogens is 404 g/mol. The molecule has 2 aliphatic rings. The molecule has 0 unspecified atom stereocenters. The van der Waals surface area contributed by atoms with Crippen molar-refractivity contribution in [3.05, 3.63) is 59.2 Å². The number of rotatable bonds is 5. The summed E-state index contributed by atoms with van der Waals surface area (Å²) < 4.78 is 5.80. The second-order valence-electron chi connectivity index (χ2n) is 8.64. The first-order valence-electron chi connectivity index (χ1n) is 11.3. The largest absolute Gasteiger partial charge is 0.492 e. The Morgan fingerprint density at radius 2 is 1.59 bits per heavy atom. The van der Waals surface area contributed by atoms with Crippen molar-refractivity contribution < 1.29 is 14.3 Å². The zero-order valence-electron chi connectivity index (χ0n) is 19.0. The van der Waals surface area contributed by atoms with E-state index in [1.54, 1.807) is 0 Å². The molecule has 0 saturated carbocycles. The van der Waals surface area contributed by atoms with Crippen LogP contribution in [0, 0.1) is 13.8 Å². The Balaban J connectivity index is 1.24. The van der Waals surface area contributed by atoms with Gasteiger partial charge in [-0.3, -0.25) is 19.4 Å². The predicted molar refractivity (Wildman–Crippen MR) is 125 cm³/mol. The van der Waals surface area contributed by atoms with E-state index in [-0.39, 0.29) is 11.8 Å². The third-order valence-corrected chi connectivity index (χ3v) is 6.23. The van der Waals surface area contributed by atoms with Crippen LogP contribution in [0.4, 0.5) is 5.69 Å². The molecular formula is C25H32N4O3. The van der Waals surface area contributed by atoms with E-state index in [2.05, 4.69) is 21.2 Å². The lowest BCUT2D eigenvalue weighted by Crippen LogP contribution is -2.52. The molecule has 4 rings (SSSR count). The molecule has 0 spiro atoms. The number of benzene rings is 2. The highest BCUT2D eigenvalue weighted by Crippen LogP contribution is 2.22. The molecule has 32 heavy (non-hydrogen) atoms. The number of ether oxygens (including phenoxy) is 1. The molecule has 1 fully saturated rings. The summed E-state index contributed by atoms with van der Waals surface area (Å²) in [6.45, 7) is 9.50. The molecule has 2 aromatic rings. The van der Waals surface area contributed by atoms with Gasteiger partial charge >= 0.3 is 0 Å². The van der Waals surface area contributed by atoms with Crippen molar-refractivity contribution in [1.29, 1.82) is 0 Å². The van der Waals surface area contributed by atoms with E-state index in [4.69, 9.17) is 4.74 Å². The Morgan fingerprint density at radius 1 is 0.875 bits per heavy atom. The number of fused-ring (bicyclic) bond motifs is 1. The standard InChI is InChI=1S/C25H32N4O3/c1-19-6-5-7-20(2)25(19)26-23(30)17-27-10-12-29(13-11-27)24(31)18-28-14-15-32-22-9-4-3-8-21(22)16-28/h3-9H,10-18H2,1-2H3,(H,26,30). The number of nitrogens with one attached hydrogen (secondary N) is 1. The molecule has 7 heteroatoms. The normalized spacial score (nSPS) is 17.2. The summed E-state index contributed by atoms with van der Waals surface area (Å²) in [5, 5.41) is 3.05. The zero-order valence-corrected chi connectivity index (χ0v) is 19.0. The lowest BCUT2D eigenvalue weighted by Gasteiger charge is -2.35. The van der Waals surface area contributed by atoms with Crippen molar-refractivity contribution in [3.63, 3.8) is 0 Å². The monoisotopic (exact) mass is 436 g/mol. The topological polar surface area (TPSA) is 65.1 Å². The van der Waals surface area contributed by atoms with Crippen LogP contribution in [-0.4, -0.2) is 78.9 Å². The van der Waals surface area contributed by atoms with E-state index in [9.17, 15) is 9.59 Å². The Kier molecular flexibility index (Phi) is 7.07. The Morgan fingerprint density at radius 3 is 2.34 bits per heavy atom. The second kappa shape index (κ2) is 10.1. The minimum absolute atomic E-state index is 0.00888. The number of carbonyl (C=O) groups is 2. The van der Waals surface area contributed by atoms with Gasteiger partial charge in [0.05, 0.1) is 13.1 Å². The van der Waals surface area contributed by atoms with E-state index in [0.29, 0.717) is 45.9 Å². The van der Waals surface area contributed by atoms with Crippen molar-refractivity contribution in [2.75, 3.05) is 57.7 Å². The fourth-order valence-corrected chi connectivity index (χ4v) is 4.36. The SMILES string of the molecule is Cc1cccc(C)c1NC(=O)CN1CCN(C(=O)CN2CCOc3ccccc3C2)CC1. The third-order valence-electron chi connectivity index (χ3n) is 6.23. The number of nitrogens with zero attached hydrogens (tertiary/aromatic N) is 3. The van der Waals surface area contributed by atoms with Gasteiger partial charge in [-0.2, -0.15) is 0 Å². The molecule has 1 saturated heterocycles. The van der Waals surface area contributed by atoms with Crippen molar-refractivity contribution in [3.8, 4) is 5.75 Å². The number of anilines is 1. The van der Waals surface area contributed by atoms with E-state index in [0.717, 1.165) is 41.2 Å². The Hall–Kier alpha value is -2.90. The number of amides is 2. The summed E-state index contributed by atoms with van der Waals surface area (Å²) in [5.74, 6) is 1.05. The molecule has 2 amide bonds. The van der Waals surface area contributed by atoms with Gasteiger partial charge in [0.15, 0.2) is 0 Å². The Labute approximate surface area is 189 Å². The first-order chi connectivity index (χ1) is 15.5. The van der Waals surface area contributed by atoms with E-state index < -0.39 is 0 Å². The van der Waals surface area contributed by atoms with Crippen LogP contribution in [0.5, 0.6) is 5.75 Å². The zero-order chi connectivity index (χ0) is 22.5. The summed E-state index contributed by atoms with van der Waals surface area (Å²) in [4.78, 5) is 31.6.